The van der Waals surface area contributed by atoms with E-state index < -0.39 is 5.97 Å². The Kier molecular flexibility index (Phi) is 2.45. The number of carbonyl (C=O) groups is 2. The van der Waals surface area contributed by atoms with E-state index in [9.17, 15) is 9.59 Å². The molecule has 1 aliphatic rings. The molecule has 0 unspecified atom stereocenters. The highest BCUT2D eigenvalue weighted by Crippen LogP contribution is 2.15. The predicted octanol–water partition coefficient (Wildman–Crippen LogP) is -0.0687. The van der Waals surface area contributed by atoms with Crippen LogP contribution in [0.2, 0.25) is 0 Å². The number of aliphatic carboxylic acids is 1. The fourth-order valence-corrected chi connectivity index (χ4v) is 1.79. The zero-order valence-electron chi connectivity index (χ0n) is 5.44. The lowest BCUT2D eigenvalue weighted by Gasteiger charge is -2.10. The fourth-order valence-electron chi connectivity index (χ4n) is 0.661. The van der Waals surface area contributed by atoms with E-state index in [2.05, 4.69) is 12.2 Å². The molecule has 1 amide bonds. The third-order valence-electron chi connectivity index (χ3n) is 1.18. The van der Waals surface area contributed by atoms with Crippen molar-refractivity contribution in [3.8, 4) is 0 Å². The lowest BCUT2D eigenvalue weighted by molar-refractivity contribution is -0.132. The zero-order chi connectivity index (χ0) is 8.43. The third-order valence-corrected chi connectivity index (χ3v) is 2.46. The lowest BCUT2D eigenvalue weighted by Crippen LogP contribution is -2.36. The summed E-state index contributed by atoms with van der Waals surface area (Å²) in [4.78, 5) is 22.0. The van der Waals surface area contributed by atoms with Crippen molar-refractivity contribution in [1.29, 1.82) is 0 Å². The number of carboxylic acid groups (broad SMARTS) is 1. The number of carboxylic acids is 1. The number of carbonyl (C=O) groups excluding carboxylic acids is 1. The van der Waals surface area contributed by atoms with Crippen molar-refractivity contribution < 1.29 is 14.7 Å². The largest absolute Gasteiger partial charge is 0.476 e. The van der Waals surface area contributed by atoms with Crippen molar-refractivity contribution in [1.82, 2.24) is 4.90 Å². The first-order valence-corrected chi connectivity index (χ1v) is 4.34. The minimum atomic E-state index is -1.21. The highest BCUT2D eigenvalue weighted by atomic mass is 32.2. The number of nitrogens with zero attached hydrogens (tertiary/aromatic N) is 1. The number of rotatable bonds is 0. The van der Waals surface area contributed by atoms with Gasteiger partial charge in [0.25, 0.3) is 0 Å². The maximum atomic E-state index is 10.9. The molecule has 1 aliphatic heterocycles. The van der Waals surface area contributed by atoms with Crippen LogP contribution in [0, 0.1) is 0 Å². The van der Waals surface area contributed by atoms with Gasteiger partial charge >= 0.3 is 5.97 Å². The van der Waals surface area contributed by atoms with Crippen molar-refractivity contribution in [2.24, 2.45) is 0 Å². The van der Waals surface area contributed by atoms with Crippen molar-refractivity contribution in [2.75, 3.05) is 11.6 Å². The van der Waals surface area contributed by atoms with Gasteiger partial charge in [0, 0.05) is 0 Å². The quantitative estimate of drug-likeness (QED) is 0.543. The molecule has 0 saturated carbocycles. The standard InChI is InChI=1S/C5H5NO3S2/c7-3-1-11-2-6(3)4(10)5(8)9/h1-2H2,(H,8,9). The molecule has 1 fully saturated rings. The van der Waals surface area contributed by atoms with Gasteiger partial charge in [-0.1, -0.05) is 12.2 Å². The molecule has 0 spiro atoms. The summed E-state index contributed by atoms with van der Waals surface area (Å²) in [5.41, 5.74) is 0. The second kappa shape index (κ2) is 3.19. The van der Waals surface area contributed by atoms with Gasteiger partial charge in [0.05, 0.1) is 11.6 Å². The van der Waals surface area contributed by atoms with E-state index in [0.29, 0.717) is 11.6 Å². The van der Waals surface area contributed by atoms with Gasteiger partial charge in [-0.3, -0.25) is 9.69 Å². The summed E-state index contributed by atoms with van der Waals surface area (Å²) in [5.74, 6) is -0.740. The summed E-state index contributed by atoms with van der Waals surface area (Å²) in [6.07, 6.45) is 0. The Balaban J connectivity index is 2.67. The molecular weight excluding hydrogens is 186 g/mol. The van der Waals surface area contributed by atoms with Crippen molar-refractivity contribution in [3.63, 3.8) is 0 Å². The fraction of sp³-hybridized carbons (Fsp3) is 0.400. The summed E-state index contributed by atoms with van der Waals surface area (Å²) in [6.45, 7) is 0. The number of amides is 1. The molecule has 11 heavy (non-hydrogen) atoms. The molecule has 1 rings (SSSR count). The van der Waals surface area contributed by atoms with Crippen molar-refractivity contribution in [3.05, 3.63) is 0 Å². The van der Waals surface area contributed by atoms with E-state index >= 15 is 0 Å². The van der Waals surface area contributed by atoms with Gasteiger partial charge in [-0.2, -0.15) is 0 Å². The SMILES string of the molecule is O=C(O)C(=S)N1CSCC1=O. The van der Waals surface area contributed by atoms with Crippen LogP contribution in [0.4, 0.5) is 0 Å². The van der Waals surface area contributed by atoms with Crippen LogP contribution in [0.5, 0.6) is 0 Å². The molecule has 0 bridgehead atoms. The van der Waals surface area contributed by atoms with Gasteiger partial charge in [0.15, 0.2) is 4.99 Å². The summed E-state index contributed by atoms with van der Waals surface area (Å²) in [6, 6.07) is 0. The van der Waals surface area contributed by atoms with Gasteiger partial charge in [-0.25, -0.2) is 4.79 Å². The number of hydrogen-bond donors (Lipinski definition) is 1. The normalized spacial score (nSPS) is 17.1. The van der Waals surface area contributed by atoms with Crippen LogP contribution in [0.3, 0.4) is 0 Å². The van der Waals surface area contributed by atoms with Crippen molar-refractivity contribution >= 4 is 40.8 Å². The summed E-state index contributed by atoms with van der Waals surface area (Å²) < 4.78 is 0. The molecule has 0 aliphatic carbocycles. The van der Waals surface area contributed by atoms with Crippen LogP contribution in [0.25, 0.3) is 0 Å². The first-order valence-electron chi connectivity index (χ1n) is 2.78. The molecule has 0 aromatic rings. The minimum absolute atomic E-state index is 0.220. The minimum Gasteiger partial charge on any atom is -0.476 e. The van der Waals surface area contributed by atoms with Gasteiger partial charge in [0.2, 0.25) is 5.91 Å². The number of thioether (sulfide) groups is 1. The van der Waals surface area contributed by atoms with E-state index in [-0.39, 0.29) is 10.9 Å². The predicted molar refractivity (Wildman–Crippen MR) is 44.4 cm³/mol. The Morgan fingerprint density at radius 3 is 2.73 bits per heavy atom. The average Bonchev–Trinajstić information content (AvgIpc) is 2.33. The molecule has 1 saturated heterocycles. The summed E-state index contributed by atoms with van der Waals surface area (Å²) in [7, 11) is 0. The first-order chi connectivity index (χ1) is 5.13. The Morgan fingerprint density at radius 1 is 1.73 bits per heavy atom. The second-order valence-corrected chi connectivity index (χ2v) is 3.25. The molecule has 1 heterocycles. The van der Waals surface area contributed by atoms with E-state index in [0.717, 1.165) is 4.90 Å². The van der Waals surface area contributed by atoms with Gasteiger partial charge < -0.3 is 5.11 Å². The average molecular weight is 191 g/mol. The smallest absolute Gasteiger partial charge is 0.364 e. The molecule has 1 N–H and O–H groups in total. The highest BCUT2D eigenvalue weighted by molar-refractivity contribution is 8.00. The molecule has 6 heteroatoms. The van der Waals surface area contributed by atoms with Gasteiger partial charge in [0.1, 0.15) is 0 Å². The Labute approximate surface area is 72.6 Å². The maximum absolute atomic E-state index is 10.9. The van der Waals surface area contributed by atoms with Crippen LogP contribution >= 0.6 is 24.0 Å². The van der Waals surface area contributed by atoms with Crippen molar-refractivity contribution in [2.45, 2.75) is 0 Å². The molecular formula is C5H5NO3S2. The lowest BCUT2D eigenvalue weighted by atomic mass is 10.5. The molecule has 60 valence electrons. The molecule has 4 nitrogen and oxygen atoms in total. The van der Waals surface area contributed by atoms with Crippen LogP contribution in [0.15, 0.2) is 0 Å². The van der Waals surface area contributed by atoms with Gasteiger partial charge in [-0.15, -0.1) is 11.8 Å². The Hall–Kier alpha value is -0.620. The topological polar surface area (TPSA) is 57.6 Å². The number of thiocarbonyl (C=S) groups is 1. The maximum Gasteiger partial charge on any atom is 0.364 e. The highest BCUT2D eigenvalue weighted by Gasteiger charge is 2.27. The van der Waals surface area contributed by atoms with Crippen LogP contribution in [0.1, 0.15) is 0 Å². The summed E-state index contributed by atoms with van der Waals surface area (Å²) >= 11 is 5.87. The molecule has 0 aromatic heterocycles. The van der Waals surface area contributed by atoms with E-state index in [4.69, 9.17) is 5.11 Å². The van der Waals surface area contributed by atoms with E-state index in [1.54, 1.807) is 0 Å². The van der Waals surface area contributed by atoms with Crippen LogP contribution < -0.4 is 0 Å². The molecule has 0 radical (unpaired) electrons. The van der Waals surface area contributed by atoms with Gasteiger partial charge in [-0.05, 0) is 0 Å². The van der Waals surface area contributed by atoms with E-state index in [1.165, 1.54) is 11.8 Å². The second-order valence-electron chi connectivity index (χ2n) is 1.91. The Bertz CT molecular complexity index is 228. The first kappa shape index (κ1) is 8.48. The van der Waals surface area contributed by atoms with E-state index in [1.807, 2.05) is 0 Å². The van der Waals surface area contributed by atoms with Crippen LogP contribution in [-0.4, -0.2) is 38.5 Å². The number of hydrogen-bond acceptors (Lipinski definition) is 4. The molecule has 0 aromatic carbocycles. The Morgan fingerprint density at radius 2 is 2.36 bits per heavy atom. The zero-order valence-corrected chi connectivity index (χ0v) is 7.07. The molecule has 0 atom stereocenters. The van der Waals surface area contributed by atoms with Crippen LogP contribution in [-0.2, 0) is 9.59 Å². The third kappa shape index (κ3) is 1.69. The summed E-state index contributed by atoms with van der Waals surface area (Å²) in [5, 5.41) is 8.42. The monoisotopic (exact) mass is 191 g/mol.